The quantitative estimate of drug-likeness (QED) is 0.611. The molecule has 0 radical (unpaired) electrons. The van der Waals surface area contributed by atoms with Gasteiger partial charge in [0.25, 0.3) is 0 Å². The number of nitrogens with zero attached hydrogens (tertiary/aromatic N) is 1. The second kappa shape index (κ2) is 10.1. The first kappa shape index (κ1) is 23.4. The fourth-order valence-electron chi connectivity index (χ4n) is 5.59. The van der Waals surface area contributed by atoms with E-state index in [1.54, 1.807) is 0 Å². The first-order chi connectivity index (χ1) is 17.0. The fourth-order valence-corrected chi connectivity index (χ4v) is 5.59. The van der Waals surface area contributed by atoms with Gasteiger partial charge in [-0.2, -0.15) is 0 Å². The predicted molar refractivity (Wildman–Crippen MR) is 131 cm³/mol. The SMILES string of the molecule is O=C(NC(CC(=O)N1CCCCCC1C(=O)O)C1CC1)OCC1c2ccccc2-c2ccccc21. The smallest absolute Gasteiger partial charge is 0.407 e. The van der Waals surface area contributed by atoms with E-state index in [4.69, 9.17) is 4.74 Å². The minimum absolute atomic E-state index is 0.0254. The summed E-state index contributed by atoms with van der Waals surface area (Å²) in [5, 5.41) is 12.5. The molecule has 2 aromatic rings. The van der Waals surface area contributed by atoms with Gasteiger partial charge in [0, 0.05) is 24.9 Å². The molecule has 0 aromatic heterocycles. The number of carbonyl (C=O) groups excluding carboxylic acids is 2. The van der Waals surface area contributed by atoms with Gasteiger partial charge in [-0.25, -0.2) is 9.59 Å². The summed E-state index contributed by atoms with van der Waals surface area (Å²) in [4.78, 5) is 39.1. The summed E-state index contributed by atoms with van der Waals surface area (Å²) in [5.41, 5.74) is 4.64. The third-order valence-corrected chi connectivity index (χ3v) is 7.59. The lowest BCUT2D eigenvalue weighted by molar-refractivity contribution is -0.150. The van der Waals surface area contributed by atoms with Gasteiger partial charge in [0.2, 0.25) is 5.91 Å². The second-order valence-electron chi connectivity index (χ2n) is 9.91. The topological polar surface area (TPSA) is 95.9 Å². The summed E-state index contributed by atoms with van der Waals surface area (Å²) in [6.07, 6.45) is 4.51. The van der Waals surface area contributed by atoms with Crippen molar-refractivity contribution in [2.75, 3.05) is 13.2 Å². The summed E-state index contributed by atoms with van der Waals surface area (Å²) in [7, 11) is 0. The summed E-state index contributed by atoms with van der Waals surface area (Å²) in [6.45, 7) is 0.677. The van der Waals surface area contributed by atoms with E-state index in [-0.39, 0.29) is 36.8 Å². The number of hydrogen-bond acceptors (Lipinski definition) is 4. The molecule has 2 amide bonds. The number of carboxylic acid groups (broad SMARTS) is 1. The maximum atomic E-state index is 13.1. The van der Waals surface area contributed by atoms with Crippen LogP contribution in [0.1, 0.15) is 62.0 Å². The Bertz CT molecular complexity index is 1070. The van der Waals surface area contributed by atoms with Gasteiger partial charge in [0.15, 0.2) is 0 Å². The molecule has 1 saturated carbocycles. The zero-order valence-corrected chi connectivity index (χ0v) is 19.8. The molecule has 1 heterocycles. The van der Waals surface area contributed by atoms with Crippen LogP contribution in [0.2, 0.25) is 0 Å². The molecule has 2 N–H and O–H groups in total. The number of fused-ring (bicyclic) bond motifs is 3. The standard InChI is InChI=1S/C28H32N2O5/c31-26(30-15-7-1-2-12-25(30)27(32)33)16-24(18-13-14-18)29-28(34)35-17-23-21-10-5-3-8-19(21)20-9-4-6-11-22(20)23/h3-6,8-11,18,23-25H,1-2,7,12-17H2,(H,29,34)(H,32,33). The third-order valence-electron chi connectivity index (χ3n) is 7.59. The molecule has 184 valence electrons. The number of aliphatic carboxylic acids is 1. The van der Waals surface area contributed by atoms with Crippen molar-refractivity contribution in [2.45, 2.75) is 62.9 Å². The molecular formula is C28H32N2O5. The number of benzene rings is 2. The van der Waals surface area contributed by atoms with Gasteiger partial charge >= 0.3 is 12.1 Å². The van der Waals surface area contributed by atoms with Crippen LogP contribution in [0, 0.1) is 5.92 Å². The van der Waals surface area contributed by atoms with Crippen LogP contribution in [0.3, 0.4) is 0 Å². The number of carbonyl (C=O) groups is 3. The van der Waals surface area contributed by atoms with Crippen molar-refractivity contribution < 1.29 is 24.2 Å². The van der Waals surface area contributed by atoms with Gasteiger partial charge in [-0.15, -0.1) is 0 Å². The number of nitrogens with one attached hydrogen (secondary N) is 1. The van der Waals surface area contributed by atoms with E-state index < -0.39 is 18.1 Å². The van der Waals surface area contributed by atoms with Crippen molar-refractivity contribution in [1.82, 2.24) is 10.2 Å². The van der Waals surface area contributed by atoms with E-state index in [1.807, 2.05) is 24.3 Å². The summed E-state index contributed by atoms with van der Waals surface area (Å²) in [5.74, 6) is -0.944. The van der Waals surface area contributed by atoms with Gasteiger partial charge < -0.3 is 20.1 Å². The molecule has 35 heavy (non-hydrogen) atoms. The Hall–Kier alpha value is -3.35. The lowest BCUT2D eigenvalue weighted by Gasteiger charge is -2.29. The predicted octanol–water partition coefficient (Wildman–Crippen LogP) is 4.55. The number of hydrogen-bond donors (Lipinski definition) is 2. The Kier molecular flexibility index (Phi) is 6.75. The van der Waals surface area contributed by atoms with Gasteiger partial charge in [0.1, 0.15) is 12.6 Å². The Morgan fingerprint density at radius 1 is 0.943 bits per heavy atom. The van der Waals surface area contributed by atoms with E-state index >= 15 is 0 Å². The molecule has 2 fully saturated rings. The Morgan fingerprint density at radius 2 is 1.60 bits per heavy atom. The van der Waals surface area contributed by atoms with E-state index in [1.165, 1.54) is 16.0 Å². The van der Waals surface area contributed by atoms with Crippen LogP contribution in [0.5, 0.6) is 0 Å². The average molecular weight is 477 g/mol. The van der Waals surface area contributed by atoms with Gasteiger partial charge in [0.05, 0.1) is 0 Å². The molecule has 3 aliphatic rings. The Balaban J connectivity index is 1.22. The van der Waals surface area contributed by atoms with Crippen molar-refractivity contribution in [3.63, 3.8) is 0 Å². The normalized spacial score (nSPS) is 20.3. The number of rotatable bonds is 7. The van der Waals surface area contributed by atoms with Crippen LogP contribution in [0.25, 0.3) is 11.1 Å². The largest absolute Gasteiger partial charge is 0.480 e. The highest BCUT2D eigenvalue weighted by atomic mass is 16.5. The molecule has 0 bridgehead atoms. The highest BCUT2D eigenvalue weighted by molar-refractivity contribution is 5.84. The molecule has 2 aromatic carbocycles. The average Bonchev–Trinajstić information content (AvgIpc) is 3.68. The number of alkyl carbamates (subject to hydrolysis) is 1. The number of carboxylic acids is 1. The van der Waals surface area contributed by atoms with E-state index in [2.05, 4.69) is 29.6 Å². The number of amides is 2. The van der Waals surface area contributed by atoms with Crippen LogP contribution in [-0.4, -0.2) is 53.2 Å². The molecule has 2 atom stereocenters. The van der Waals surface area contributed by atoms with Gasteiger partial charge in [-0.05, 0) is 53.9 Å². The highest BCUT2D eigenvalue weighted by Gasteiger charge is 2.38. The van der Waals surface area contributed by atoms with Crippen LogP contribution in [-0.2, 0) is 14.3 Å². The molecule has 5 rings (SSSR count). The van der Waals surface area contributed by atoms with Crippen LogP contribution >= 0.6 is 0 Å². The second-order valence-corrected chi connectivity index (χ2v) is 9.91. The van der Waals surface area contributed by atoms with Crippen LogP contribution < -0.4 is 5.32 Å². The molecule has 7 heteroatoms. The zero-order valence-electron chi connectivity index (χ0n) is 19.8. The third kappa shape index (κ3) is 5.04. The maximum absolute atomic E-state index is 13.1. The molecule has 1 aliphatic heterocycles. The molecule has 2 unspecified atom stereocenters. The Labute approximate surface area is 205 Å². The molecule has 1 saturated heterocycles. The first-order valence-corrected chi connectivity index (χ1v) is 12.7. The lowest BCUT2D eigenvalue weighted by Crippen LogP contribution is -2.48. The van der Waals surface area contributed by atoms with Crippen molar-refractivity contribution in [2.24, 2.45) is 5.92 Å². The molecule has 0 spiro atoms. The van der Waals surface area contributed by atoms with E-state index in [0.29, 0.717) is 13.0 Å². The van der Waals surface area contributed by atoms with E-state index in [9.17, 15) is 19.5 Å². The zero-order chi connectivity index (χ0) is 24.4. The number of likely N-dealkylation sites (tertiary alicyclic amines) is 1. The van der Waals surface area contributed by atoms with Crippen molar-refractivity contribution in [3.8, 4) is 11.1 Å². The van der Waals surface area contributed by atoms with Crippen LogP contribution in [0.15, 0.2) is 48.5 Å². The van der Waals surface area contributed by atoms with Crippen LogP contribution in [0.4, 0.5) is 4.79 Å². The summed E-state index contributed by atoms with van der Waals surface area (Å²) < 4.78 is 5.69. The summed E-state index contributed by atoms with van der Waals surface area (Å²) >= 11 is 0. The van der Waals surface area contributed by atoms with Gasteiger partial charge in [-0.3, -0.25) is 4.79 Å². The molecule has 2 aliphatic carbocycles. The first-order valence-electron chi connectivity index (χ1n) is 12.7. The van der Waals surface area contributed by atoms with Crippen molar-refractivity contribution in [3.05, 3.63) is 59.7 Å². The summed E-state index contributed by atoms with van der Waals surface area (Å²) in [6, 6.07) is 15.3. The highest BCUT2D eigenvalue weighted by Crippen LogP contribution is 2.44. The minimum atomic E-state index is -0.951. The van der Waals surface area contributed by atoms with Gasteiger partial charge in [-0.1, -0.05) is 61.4 Å². The van der Waals surface area contributed by atoms with Crippen molar-refractivity contribution >= 4 is 18.0 Å². The molecular weight excluding hydrogens is 444 g/mol. The molecule has 7 nitrogen and oxygen atoms in total. The minimum Gasteiger partial charge on any atom is -0.480 e. The lowest BCUT2D eigenvalue weighted by atomic mass is 9.98. The monoisotopic (exact) mass is 476 g/mol. The number of ether oxygens (including phenoxy) is 1. The maximum Gasteiger partial charge on any atom is 0.407 e. The van der Waals surface area contributed by atoms with Crippen molar-refractivity contribution in [1.29, 1.82) is 0 Å². The van der Waals surface area contributed by atoms with E-state index in [0.717, 1.165) is 43.2 Å². The Morgan fingerprint density at radius 3 is 2.23 bits per heavy atom. The fraction of sp³-hybridized carbons (Fsp3) is 0.464.